The maximum atomic E-state index is 6.27. The average Bonchev–Trinajstić information content (AvgIpc) is 3.73. The van der Waals surface area contributed by atoms with Crippen LogP contribution < -0.4 is 0 Å². The molecule has 0 spiro atoms. The maximum absolute atomic E-state index is 6.27. The van der Waals surface area contributed by atoms with Gasteiger partial charge in [0.15, 0.2) is 5.82 Å². The van der Waals surface area contributed by atoms with E-state index in [4.69, 9.17) is 14.4 Å². The van der Waals surface area contributed by atoms with E-state index in [0.717, 1.165) is 60.7 Å². The molecule has 55 heavy (non-hydrogen) atoms. The first-order valence-corrected chi connectivity index (χ1v) is 19.4. The Kier molecular flexibility index (Phi) is 5.74. The summed E-state index contributed by atoms with van der Waals surface area (Å²) in [6.45, 7) is 0. The van der Waals surface area contributed by atoms with Crippen LogP contribution in [0.25, 0.3) is 125 Å². The third kappa shape index (κ3) is 4.10. The molecule has 5 heteroatoms. The van der Waals surface area contributed by atoms with E-state index in [1.807, 2.05) is 35.6 Å². The van der Waals surface area contributed by atoms with Crippen LogP contribution in [0, 0.1) is 0 Å². The molecule has 0 saturated carbocycles. The zero-order valence-corrected chi connectivity index (χ0v) is 30.1. The molecule has 0 aliphatic carbocycles. The molecule has 0 amide bonds. The zero-order valence-electron chi connectivity index (χ0n) is 29.2. The number of fused-ring (bicyclic) bond motifs is 5. The van der Waals surface area contributed by atoms with E-state index in [1.165, 1.54) is 58.1 Å². The lowest BCUT2D eigenvalue weighted by Crippen LogP contribution is -1.96. The zero-order chi connectivity index (χ0) is 35.8. The number of benzene rings is 9. The van der Waals surface area contributed by atoms with Crippen molar-refractivity contribution in [3.8, 4) is 28.3 Å². The molecule has 4 aromatic heterocycles. The van der Waals surface area contributed by atoms with Gasteiger partial charge >= 0.3 is 0 Å². The van der Waals surface area contributed by atoms with Gasteiger partial charge in [-0.2, -0.15) is 0 Å². The molecule has 13 aromatic rings. The highest BCUT2D eigenvalue weighted by Gasteiger charge is 2.21. The first-order valence-electron chi connectivity index (χ1n) is 18.6. The van der Waals surface area contributed by atoms with Crippen LogP contribution in [0.1, 0.15) is 0 Å². The summed E-state index contributed by atoms with van der Waals surface area (Å²) in [6.07, 6.45) is 0. The molecule has 0 N–H and O–H groups in total. The summed E-state index contributed by atoms with van der Waals surface area (Å²) in [5.74, 6) is 0.699. The molecule has 4 nitrogen and oxygen atoms in total. The molecule has 0 fully saturated rings. The molecule has 0 radical (unpaired) electrons. The topological polar surface area (TPSA) is 43.9 Å². The SMILES string of the molecule is c1ccc2c(-c3ccc4c(c3)oc3ccccc34)nc(-c3ccc4cc(-n5c6ccc7cccc8sc9cccc%10ccc5c(c%109)c6c78)ccc4c3)nc2c1. The van der Waals surface area contributed by atoms with Crippen LogP contribution in [0.5, 0.6) is 0 Å². The minimum absolute atomic E-state index is 0.699. The first-order chi connectivity index (χ1) is 27.2. The van der Waals surface area contributed by atoms with Gasteiger partial charge in [-0.15, -0.1) is 11.3 Å². The Morgan fingerprint density at radius 3 is 1.89 bits per heavy atom. The predicted molar refractivity (Wildman–Crippen MR) is 231 cm³/mol. The van der Waals surface area contributed by atoms with Gasteiger partial charge in [-0.1, -0.05) is 97.1 Å². The van der Waals surface area contributed by atoms with Crippen LogP contribution in [0.4, 0.5) is 0 Å². The Morgan fingerprint density at radius 1 is 0.436 bits per heavy atom. The molecule has 0 aliphatic heterocycles. The highest BCUT2D eigenvalue weighted by molar-refractivity contribution is 7.24. The average molecular weight is 718 g/mol. The third-order valence-electron chi connectivity index (χ3n) is 11.5. The van der Waals surface area contributed by atoms with Gasteiger partial charge in [0.05, 0.1) is 22.2 Å². The number of hydrogen-bond donors (Lipinski definition) is 0. The second-order valence-corrected chi connectivity index (χ2v) is 15.6. The van der Waals surface area contributed by atoms with Crippen molar-refractivity contribution in [2.45, 2.75) is 0 Å². The molecule has 13 rings (SSSR count). The smallest absolute Gasteiger partial charge is 0.160 e. The fourth-order valence-electron chi connectivity index (χ4n) is 9.05. The van der Waals surface area contributed by atoms with Crippen molar-refractivity contribution in [1.29, 1.82) is 0 Å². The van der Waals surface area contributed by atoms with Crippen molar-refractivity contribution >= 4 is 108 Å². The Bertz CT molecular complexity index is 3630. The number of hydrogen-bond acceptors (Lipinski definition) is 4. The predicted octanol–water partition coefficient (Wildman–Crippen LogP) is 14.1. The molecule has 0 aliphatic rings. The lowest BCUT2D eigenvalue weighted by molar-refractivity contribution is 0.669. The minimum atomic E-state index is 0.699. The maximum Gasteiger partial charge on any atom is 0.160 e. The minimum Gasteiger partial charge on any atom is -0.456 e. The highest BCUT2D eigenvalue weighted by atomic mass is 32.1. The van der Waals surface area contributed by atoms with Crippen LogP contribution >= 0.6 is 11.3 Å². The van der Waals surface area contributed by atoms with E-state index < -0.39 is 0 Å². The largest absolute Gasteiger partial charge is 0.456 e. The lowest BCUT2D eigenvalue weighted by Gasteiger charge is -2.12. The van der Waals surface area contributed by atoms with Gasteiger partial charge in [0.2, 0.25) is 0 Å². The Balaban J connectivity index is 0.980. The number of furan rings is 1. The van der Waals surface area contributed by atoms with Crippen molar-refractivity contribution in [2.75, 3.05) is 0 Å². The molecule has 0 saturated heterocycles. The van der Waals surface area contributed by atoms with E-state index in [-0.39, 0.29) is 0 Å². The van der Waals surface area contributed by atoms with Gasteiger partial charge in [0, 0.05) is 63.9 Å². The van der Waals surface area contributed by atoms with Crippen molar-refractivity contribution in [1.82, 2.24) is 14.5 Å². The fourth-order valence-corrected chi connectivity index (χ4v) is 10.2. The Morgan fingerprint density at radius 2 is 1.09 bits per heavy atom. The van der Waals surface area contributed by atoms with Gasteiger partial charge in [0.1, 0.15) is 11.2 Å². The fraction of sp³-hybridized carbons (Fsp3) is 0. The van der Waals surface area contributed by atoms with Crippen LogP contribution in [0.15, 0.2) is 168 Å². The second-order valence-electron chi connectivity index (χ2n) is 14.5. The molecule has 9 aromatic carbocycles. The summed E-state index contributed by atoms with van der Waals surface area (Å²) in [6, 6.07) is 58.8. The van der Waals surface area contributed by atoms with Crippen molar-refractivity contribution in [2.24, 2.45) is 0 Å². The molecule has 0 unspecified atom stereocenters. The quantitative estimate of drug-likeness (QED) is 0.183. The Labute approximate surface area is 317 Å². The van der Waals surface area contributed by atoms with E-state index in [9.17, 15) is 0 Å². The number of nitrogens with zero attached hydrogens (tertiary/aromatic N) is 3. The number of para-hydroxylation sites is 2. The number of aromatic nitrogens is 3. The Hall–Kier alpha value is -7.08. The van der Waals surface area contributed by atoms with E-state index >= 15 is 0 Å². The van der Waals surface area contributed by atoms with Gasteiger partial charge in [0.25, 0.3) is 0 Å². The van der Waals surface area contributed by atoms with Crippen LogP contribution in [-0.2, 0) is 0 Å². The van der Waals surface area contributed by atoms with Crippen molar-refractivity contribution < 1.29 is 4.42 Å². The summed E-state index contributed by atoms with van der Waals surface area (Å²) >= 11 is 1.89. The lowest BCUT2D eigenvalue weighted by atomic mass is 10.00. The molecular formula is C50H27N3OS. The van der Waals surface area contributed by atoms with Gasteiger partial charge in [-0.3, -0.25) is 0 Å². The normalized spacial score (nSPS) is 12.4. The molecule has 254 valence electrons. The van der Waals surface area contributed by atoms with Gasteiger partial charge in [-0.25, -0.2) is 9.97 Å². The first kappa shape index (κ1) is 29.4. The standard InChI is InChI=1S/C50H27N3OS/c1-3-11-38-37(10-1)49(32-18-22-36-35-9-2-4-12-41(35)54-42(36)27-32)52-50(51-38)33-16-15-31-26-34(21-17-30(31)25-33)53-39-23-19-28-7-5-13-43-45(28)47(39)48-40(53)24-20-29-8-6-14-44(55-43)46(29)48/h1-27H. The van der Waals surface area contributed by atoms with Crippen LogP contribution in [0.2, 0.25) is 0 Å². The molecule has 4 heterocycles. The summed E-state index contributed by atoms with van der Waals surface area (Å²) in [5, 5.41) is 13.5. The number of rotatable bonds is 3. The van der Waals surface area contributed by atoms with E-state index in [1.54, 1.807) is 0 Å². The van der Waals surface area contributed by atoms with E-state index in [0.29, 0.717) is 5.82 Å². The molecular weight excluding hydrogens is 691 g/mol. The van der Waals surface area contributed by atoms with E-state index in [2.05, 4.69) is 144 Å². The van der Waals surface area contributed by atoms with Gasteiger partial charge in [-0.05, 0) is 88.3 Å². The monoisotopic (exact) mass is 717 g/mol. The summed E-state index contributed by atoms with van der Waals surface area (Å²) in [5.41, 5.74) is 9.13. The highest BCUT2D eigenvalue weighted by Crippen LogP contribution is 2.46. The van der Waals surface area contributed by atoms with Gasteiger partial charge < -0.3 is 8.98 Å². The van der Waals surface area contributed by atoms with Crippen LogP contribution in [0.3, 0.4) is 0 Å². The van der Waals surface area contributed by atoms with Crippen LogP contribution in [-0.4, -0.2) is 14.5 Å². The summed E-state index contributed by atoms with van der Waals surface area (Å²) in [7, 11) is 0. The molecule has 0 bridgehead atoms. The summed E-state index contributed by atoms with van der Waals surface area (Å²) < 4.78 is 11.4. The summed E-state index contributed by atoms with van der Waals surface area (Å²) in [4.78, 5) is 10.3. The van der Waals surface area contributed by atoms with Crippen molar-refractivity contribution in [3.63, 3.8) is 0 Å². The second kappa shape index (κ2) is 10.8. The third-order valence-corrected chi connectivity index (χ3v) is 12.6. The molecule has 0 atom stereocenters. The van der Waals surface area contributed by atoms with Crippen molar-refractivity contribution in [3.05, 3.63) is 164 Å².